The second kappa shape index (κ2) is 8.36. The molecule has 0 radical (unpaired) electrons. The molecule has 0 bridgehead atoms. The number of rotatable bonds is 6. The molecule has 0 heterocycles. The van der Waals surface area contributed by atoms with Gasteiger partial charge in [-0.15, -0.1) is 0 Å². The van der Waals surface area contributed by atoms with E-state index in [1.807, 2.05) is 20.8 Å². The Labute approximate surface area is 143 Å². The molecule has 0 aromatic rings. The molecule has 136 valence electrons. The molecule has 2 N–H and O–H groups in total. The average Bonchev–Trinajstić information content (AvgIpc) is 2.35. The van der Waals surface area contributed by atoms with Crippen LogP contribution in [0.15, 0.2) is 0 Å². The van der Waals surface area contributed by atoms with Crippen LogP contribution in [-0.2, 0) is 4.74 Å². The fraction of sp³-hybridized carbons (Fsp3) is 0.947. The van der Waals surface area contributed by atoms with Crippen LogP contribution in [0.2, 0.25) is 0 Å². The zero-order valence-electron chi connectivity index (χ0n) is 16.3. The largest absolute Gasteiger partial charge is 0.444 e. The maximum absolute atomic E-state index is 11.9. The Morgan fingerprint density at radius 2 is 1.91 bits per heavy atom. The second-order valence-corrected chi connectivity index (χ2v) is 9.16. The lowest BCUT2D eigenvalue weighted by atomic mass is 9.73. The van der Waals surface area contributed by atoms with Crippen molar-refractivity contribution in [3.05, 3.63) is 0 Å². The number of hydrogen-bond donors (Lipinski definition) is 2. The molecule has 1 amide bonds. The number of alkyl carbamates (subject to hydrolysis) is 1. The van der Waals surface area contributed by atoms with Gasteiger partial charge in [0.2, 0.25) is 0 Å². The lowest BCUT2D eigenvalue weighted by Gasteiger charge is -2.41. The smallest absolute Gasteiger partial charge is 0.407 e. The van der Waals surface area contributed by atoms with E-state index < -0.39 is 5.60 Å². The summed E-state index contributed by atoms with van der Waals surface area (Å²) in [5, 5.41) is 6.76. The number of amides is 1. The molecular formula is C19H38N2O2. The van der Waals surface area contributed by atoms with Crippen molar-refractivity contribution in [3.63, 3.8) is 0 Å². The SMILES string of the molecule is CC(C)CC(CNC(=O)OC(C)(C)C)NC1CCCCC1(C)C. The molecule has 2 atom stereocenters. The van der Waals surface area contributed by atoms with E-state index in [4.69, 9.17) is 4.74 Å². The molecular weight excluding hydrogens is 288 g/mol. The van der Waals surface area contributed by atoms with Gasteiger partial charge in [-0.3, -0.25) is 0 Å². The Bertz CT molecular complexity index is 372. The van der Waals surface area contributed by atoms with Crippen LogP contribution < -0.4 is 10.6 Å². The van der Waals surface area contributed by atoms with Gasteiger partial charge in [0, 0.05) is 18.6 Å². The van der Waals surface area contributed by atoms with E-state index in [0.717, 1.165) is 6.42 Å². The van der Waals surface area contributed by atoms with Gasteiger partial charge >= 0.3 is 6.09 Å². The minimum Gasteiger partial charge on any atom is -0.444 e. The van der Waals surface area contributed by atoms with E-state index in [1.54, 1.807) is 0 Å². The van der Waals surface area contributed by atoms with Crippen LogP contribution in [0.1, 0.15) is 80.6 Å². The zero-order valence-corrected chi connectivity index (χ0v) is 16.3. The van der Waals surface area contributed by atoms with Crippen molar-refractivity contribution in [1.29, 1.82) is 0 Å². The van der Waals surface area contributed by atoms with Crippen molar-refractivity contribution in [2.45, 2.75) is 98.3 Å². The maximum Gasteiger partial charge on any atom is 0.407 e. The van der Waals surface area contributed by atoms with Crippen LogP contribution in [0.3, 0.4) is 0 Å². The molecule has 0 saturated heterocycles. The van der Waals surface area contributed by atoms with E-state index in [2.05, 4.69) is 38.3 Å². The molecule has 0 aromatic heterocycles. The first-order valence-corrected chi connectivity index (χ1v) is 9.22. The minimum absolute atomic E-state index is 0.296. The predicted molar refractivity (Wildman–Crippen MR) is 96.7 cm³/mol. The highest BCUT2D eigenvalue weighted by Gasteiger charge is 2.33. The number of carbonyl (C=O) groups excluding carboxylic acids is 1. The first-order chi connectivity index (χ1) is 10.5. The van der Waals surface area contributed by atoms with E-state index in [9.17, 15) is 4.79 Å². The molecule has 0 aliphatic heterocycles. The van der Waals surface area contributed by atoms with Gasteiger partial charge in [-0.1, -0.05) is 40.5 Å². The van der Waals surface area contributed by atoms with Gasteiger partial charge < -0.3 is 15.4 Å². The predicted octanol–water partition coefficient (Wildman–Crippen LogP) is 4.48. The fourth-order valence-electron chi connectivity index (χ4n) is 3.39. The van der Waals surface area contributed by atoms with Crippen LogP contribution in [-0.4, -0.2) is 30.3 Å². The fourth-order valence-corrected chi connectivity index (χ4v) is 3.39. The minimum atomic E-state index is -0.448. The Balaban J connectivity index is 2.57. The van der Waals surface area contributed by atoms with E-state index in [-0.39, 0.29) is 6.09 Å². The summed E-state index contributed by atoms with van der Waals surface area (Å²) >= 11 is 0. The van der Waals surface area contributed by atoms with E-state index >= 15 is 0 Å². The van der Waals surface area contributed by atoms with Crippen molar-refractivity contribution in [2.24, 2.45) is 11.3 Å². The number of hydrogen-bond acceptors (Lipinski definition) is 3. The summed E-state index contributed by atoms with van der Waals surface area (Å²) in [4.78, 5) is 11.9. The third-order valence-corrected chi connectivity index (χ3v) is 4.59. The van der Waals surface area contributed by atoms with Crippen LogP contribution in [0.25, 0.3) is 0 Å². The molecule has 0 spiro atoms. The van der Waals surface area contributed by atoms with Crippen LogP contribution in [0, 0.1) is 11.3 Å². The summed E-state index contributed by atoms with van der Waals surface area (Å²) in [5.74, 6) is 0.597. The summed E-state index contributed by atoms with van der Waals surface area (Å²) in [6, 6.07) is 0.824. The van der Waals surface area contributed by atoms with Crippen molar-refractivity contribution >= 4 is 6.09 Å². The van der Waals surface area contributed by atoms with Crippen molar-refractivity contribution in [1.82, 2.24) is 10.6 Å². The van der Waals surface area contributed by atoms with Gasteiger partial charge in [-0.2, -0.15) is 0 Å². The summed E-state index contributed by atoms with van der Waals surface area (Å²) in [6.45, 7) is 15.5. The Kier molecular flexibility index (Phi) is 7.37. The zero-order chi connectivity index (χ0) is 17.7. The third kappa shape index (κ3) is 8.05. The van der Waals surface area contributed by atoms with Gasteiger partial charge in [0.25, 0.3) is 0 Å². The summed E-state index contributed by atoms with van der Waals surface area (Å²) < 4.78 is 5.35. The van der Waals surface area contributed by atoms with Gasteiger partial charge in [-0.25, -0.2) is 4.79 Å². The summed E-state index contributed by atoms with van der Waals surface area (Å²) in [5.41, 5.74) is -0.115. The Morgan fingerprint density at radius 1 is 1.26 bits per heavy atom. The first kappa shape index (κ1) is 20.3. The molecule has 4 nitrogen and oxygen atoms in total. The monoisotopic (exact) mass is 326 g/mol. The number of ether oxygens (including phenoxy) is 1. The quantitative estimate of drug-likeness (QED) is 0.756. The normalized spacial score (nSPS) is 22.7. The van der Waals surface area contributed by atoms with E-state index in [0.29, 0.717) is 30.0 Å². The van der Waals surface area contributed by atoms with Gasteiger partial charge in [0.15, 0.2) is 0 Å². The average molecular weight is 327 g/mol. The molecule has 1 aliphatic carbocycles. The number of nitrogens with one attached hydrogen (secondary N) is 2. The van der Waals surface area contributed by atoms with Crippen molar-refractivity contribution < 1.29 is 9.53 Å². The molecule has 1 saturated carbocycles. The molecule has 0 aromatic carbocycles. The summed E-state index contributed by atoms with van der Waals surface area (Å²) in [6.07, 6.45) is 5.87. The van der Waals surface area contributed by atoms with Crippen LogP contribution in [0.4, 0.5) is 4.79 Å². The highest BCUT2D eigenvalue weighted by molar-refractivity contribution is 5.67. The van der Waals surface area contributed by atoms with E-state index in [1.165, 1.54) is 25.7 Å². The second-order valence-electron chi connectivity index (χ2n) is 9.16. The van der Waals surface area contributed by atoms with Crippen molar-refractivity contribution in [3.8, 4) is 0 Å². The van der Waals surface area contributed by atoms with Crippen LogP contribution in [0.5, 0.6) is 0 Å². The summed E-state index contributed by atoms with van der Waals surface area (Å²) in [7, 11) is 0. The topological polar surface area (TPSA) is 50.4 Å². The highest BCUT2D eigenvalue weighted by Crippen LogP contribution is 2.35. The number of carbonyl (C=O) groups is 1. The molecule has 23 heavy (non-hydrogen) atoms. The first-order valence-electron chi connectivity index (χ1n) is 9.22. The third-order valence-electron chi connectivity index (χ3n) is 4.59. The van der Waals surface area contributed by atoms with Gasteiger partial charge in [0.1, 0.15) is 5.60 Å². The highest BCUT2D eigenvalue weighted by atomic mass is 16.6. The molecule has 2 unspecified atom stereocenters. The maximum atomic E-state index is 11.9. The molecule has 1 rings (SSSR count). The van der Waals surface area contributed by atoms with Gasteiger partial charge in [-0.05, 0) is 51.4 Å². The van der Waals surface area contributed by atoms with Gasteiger partial charge in [0.05, 0.1) is 0 Å². The molecule has 1 aliphatic rings. The van der Waals surface area contributed by atoms with Crippen LogP contribution >= 0.6 is 0 Å². The Morgan fingerprint density at radius 3 is 2.43 bits per heavy atom. The van der Waals surface area contributed by atoms with Crippen molar-refractivity contribution in [2.75, 3.05) is 6.54 Å². The molecule has 4 heteroatoms. The lowest BCUT2D eigenvalue weighted by molar-refractivity contribution is 0.0516. The molecule has 1 fully saturated rings. The Hall–Kier alpha value is -0.770. The lowest BCUT2D eigenvalue weighted by Crippen LogP contribution is -2.52. The standard InChI is InChI=1S/C19H38N2O2/c1-14(2)12-15(13-20-17(22)23-18(3,4)5)21-16-10-8-9-11-19(16,6)7/h14-16,21H,8-13H2,1-7H3,(H,20,22).